The smallest absolute Gasteiger partial charge is 0.480 e. The third-order valence-corrected chi connectivity index (χ3v) is 24.8. The highest BCUT2D eigenvalue weighted by molar-refractivity contribution is 7.61. The molecule has 7 amide bonds. The van der Waals surface area contributed by atoms with Crippen molar-refractivity contribution < 1.29 is 130 Å². The monoisotopic (exact) mass is 1890 g/mol. The number of aliphatic carboxylic acids is 2. The number of rotatable bonds is 64. The number of hydrogen-bond acceptors (Lipinski definition) is 24. The van der Waals surface area contributed by atoms with Crippen molar-refractivity contribution in [2.45, 2.75) is 376 Å². The van der Waals surface area contributed by atoms with Crippen LogP contribution in [0.4, 0.5) is 0 Å². The molecule has 18 atom stereocenters. The van der Waals surface area contributed by atoms with Crippen LogP contribution in [0.15, 0.2) is 128 Å². The molecule has 0 bridgehead atoms. The summed E-state index contributed by atoms with van der Waals surface area (Å²) in [5.41, 5.74) is 20.3. The maximum Gasteiger partial charge on any atom is 0.483 e. The number of amides is 7. The zero-order chi connectivity index (χ0) is 98.7. The van der Waals surface area contributed by atoms with Crippen LogP contribution < -0.4 is 43.0 Å². The summed E-state index contributed by atoms with van der Waals surface area (Å²) < 4.78 is 66.2. The molecule has 37 heteroatoms. The summed E-state index contributed by atoms with van der Waals surface area (Å²) in [7, 11) is -11.6. The number of nitrogens with one attached hydrogen (secondary N) is 7. The summed E-state index contributed by atoms with van der Waals surface area (Å²) in [4.78, 5) is 138. The fraction of sp³-hybridized carbons (Fsp3) is 0.670. The Kier molecular flexibility index (Phi) is 58.5. The van der Waals surface area contributed by atoms with E-state index in [-0.39, 0.29) is 13.0 Å². The summed E-state index contributed by atoms with van der Waals surface area (Å²) in [6, 6.07) is -11.3. The third kappa shape index (κ3) is 50.9. The Bertz CT molecular complexity index is 4090. The predicted molar refractivity (Wildman–Crippen MR) is 501 cm³/mol. The van der Waals surface area contributed by atoms with Crippen molar-refractivity contribution in [3.63, 3.8) is 0 Å². The van der Waals surface area contributed by atoms with Crippen molar-refractivity contribution in [3.8, 4) is 0 Å². The van der Waals surface area contributed by atoms with Crippen LogP contribution in [0.3, 0.4) is 0 Å². The van der Waals surface area contributed by atoms with Gasteiger partial charge in [-0.1, -0.05) is 128 Å². The lowest BCUT2D eigenvalue weighted by Crippen LogP contribution is -2.70. The fourth-order valence-electron chi connectivity index (χ4n) is 14.0. The first-order valence-corrected chi connectivity index (χ1v) is 48.6. The zero-order valence-corrected chi connectivity index (χ0v) is 81.9. The number of aliphatic hydroxyl groups excluding tert-OH is 5. The molecule has 2 heterocycles. The second-order valence-electron chi connectivity index (χ2n) is 34.7. The number of carbonyl (C=O) groups is 9. The van der Waals surface area contributed by atoms with Gasteiger partial charge in [0.2, 0.25) is 41.4 Å². The average Bonchev–Trinajstić information content (AvgIpc) is 0.763. The number of hydrogen-bond donors (Lipinski definition) is 17. The van der Waals surface area contributed by atoms with Gasteiger partial charge in [0.15, 0.2) is 12.6 Å². The maximum atomic E-state index is 14.1. The van der Waals surface area contributed by atoms with Crippen molar-refractivity contribution in [1.29, 1.82) is 0 Å². The molecule has 0 radical (unpaired) electrons. The van der Waals surface area contributed by atoms with Gasteiger partial charge in [0.05, 0.1) is 19.8 Å². The number of allylic oxidation sites excluding steroid dienone is 21. The molecular formula is C94H156N8O27P2. The zero-order valence-electron chi connectivity index (χ0n) is 80.1. The van der Waals surface area contributed by atoms with E-state index in [1.807, 2.05) is 6.92 Å². The Morgan fingerprint density at radius 1 is 0.412 bits per heavy atom. The van der Waals surface area contributed by atoms with E-state index in [9.17, 15) is 97.8 Å². The molecule has 0 aliphatic carbocycles. The number of aliphatic hydroxyl groups is 5. The Balaban J connectivity index is 2.10. The van der Waals surface area contributed by atoms with E-state index in [0.29, 0.717) is 31.3 Å². The van der Waals surface area contributed by atoms with Gasteiger partial charge in [-0.2, -0.15) is 4.31 Å². The number of phosphoric ester groups is 2. The molecule has 35 nitrogen and oxygen atoms in total. The minimum absolute atomic E-state index is 0.00755. The molecule has 2 aliphatic heterocycles. The normalized spacial score (nSPS) is 22.4. The highest BCUT2D eigenvalue weighted by atomic mass is 31.3. The van der Waals surface area contributed by atoms with E-state index >= 15 is 0 Å². The van der Waals surface area contributed by atoms with E-state index in [2.05, 4.69) is 172 Å². The summed E-state index contributed by atoms with van der Waals surface area (Å²) in [5.74, 6) is -10.1. The lowest BCUT2D eigenvalue weighted by atomic mass is 9.94. The SMILES string of the molecule is CC(=O)N[C@H]1[C@H](O[C@H]2[C@H](O[C@H](C)C(=O)N[C@@H](C)C(=O)N[C@H](CCC(=O)N[C@@H](CCCCN)C(=O)N[C@H](C)C(=O)N[C@H](C)C(=O)O)C(=O)O)[C@@H](NC(=O)CO)[C@@H](OP(=O)(O)OP(=O)(O)OC/C=C(\C)CC/C=C(\C)CC/C=C(\C)CC/C=C(\C)CC/C=C(\C)CC/C=C(\C)CC/C=C(\C)CC/C=C(/C)CC/C=C(/C)CC/C=C(/C)CCC=C(C)C)O[C@@H]2CO)O[C@H](CO)[C@@H](O)[C@@H]1O. The molecule has 18 N–H and O–H groups in total. The average molecular weight is 1890 g/mol. The van der Waals surface area contributed by atoms with Gasteiger partial charge in [-0.05, 0) is 271 Å². The molecule has 2 rings (SSSR count). The number of phosphoric acid groups is 2. The van der Waals surface area contributed by atoms with E-state index in [1.54, 1.807) is 6.92 Å². The van der Waals surface area contributed by atoms with E-state index in [4.69, 9.17) is 33.7 Å². The van der Waals surface area contributed by atoms with Crippen molar-refractivity contribution >= 4 is 68.9 Å². The molecule has 2 saturated heterocycles. The predicted octanol–water partition coefficient (Wildman–Crippen LogP) is 11.3. The second kappa shape index (κ2) is 64.2. The van der Waals surface area contributed by atoms with Gasteiger partial charge >= 0.3 is 27.6 Å². The first-order valence-electron chi connectivity index (χ1n) is 45.6. The number of carboxylic acid groups (broad SMARTS) is 2. The molecule has 0 spiro atoms. The van der Waals surface area contributed by atoms with Gasteiger partial charge in [-0.15, -0.1) is 0 Å². The fourth-order valence-corrected chi connectivity index (χ4v) is 16.1. The number of carboxylic acids is 2. The van der Waals surface area contributed by atoms with Gasteiger partial charge in [-0.3, -0.25) is 47.4 Å². The number of ether oxygens (including phenoxy) is 4. The highest BCUT2D eigenvalue weighted by Gasteiger charge is 2.56. The van der Waals surface area contributed by atoms with Crippen molar-refractivity contribution in [3.05, 3.63) is 128 Å². The van der Waals surface area contributed by atoms with Crippen LogP contribution >= 0.6 is 15.6 Å². The molecule has 2 unspecified atom stereocenters. The van der Waals surface area contributed by atoms with Crippen LogP contribution in [0.25, 0.3) is 0 Å². The van der Waals surface area contributed by atoms with Crippen molar-refractivity contribution in [2.75, 3.05) is 33.0 Å². The van der Waals surface area contributed by atoms with Gasteiger partial charge in [0.1, 0.15) is 91.6 Å². The van der Waals surface area contributed by atoms with Gasteiger partial charge in [0, 0.05) is 13.3 Å². The van der Waals surface area contributed by atoms with E-state index in [0.717, 1.165) is 142 Å². The number of unbranched alkanes of at least 4 members (excludes halogenated alkanes) is 1. The van der Waals surface area contributed by atoms with Crippen LogP contribution in [0.5, 0.6) is 0 Å². The van der Waals surface area contributed by atoms with Crippen LogP contribution in [0.1, 0.15) is 278 Å². The molecule has 0 aromatic rings. The summed E-state index contributed by atoms with van der Waals surface area (Å²) in [6.07, 6.45) is 26.2. The molecule has 0 saturated carbocycles. The molecule has 744 valence electrons. The van der Waals surface area contributed by atoms with E-state index < -0.39 is 206 Å². The molecule has 131 heavy (non-hydrogen) atoms. The molecular weight excluding hydrogens is 1740 g/mol. The quantitative estimate of drug-likeness (QED) is 0.0153. The third-order valence-electron chi connectivity index (χ3n) is 22.2. The van der Waals surface area contributed by atoms with E-state index in [1.165, 1.54) is 70.1 Å². The Morgan fingerprint density at radius 3 is 1.20 bits per heavy atom. The number of carbonyl (C=O) groups excluding carboxylic acids is 7. The Morgan fingerprint density at radius 2 is 0.809 bits per heavy atom. The molecule has 2 aliphatic rings. The summed E-state index contributed by atoms with van der Waals surface area (Å²) in [5, 5.41) is 88.5. The first kappa shape index (κ1) is 119. The topological polar surface area (TPSA) is 545 Å². The highest BCUT2D eigenvalue weighted by Crippen LogP contribution is 2.61. The summed E-state index contributed by atoms with van der Waals surface area (Å²) in [6.45, 7) is 27.6. The largest absolute Gasteiger partial charge is 0.483 e. The molecule has 0 aromatic carbocycles. The minimum atomic E-state index is -6.02. The second-order valence-corrected chi connectivity index (χ2v) is 37.7. The maximum absolute atomic E-state index is 14.1. The minimum Gasteiger partial charge on any atom is -0.480 e. The van der Waals surface area contributed by atoms with Gasteiger partial charge in [0.25, 0.3) is 0 Å². The molecule has 2 fully saturated rings. The van der Waals surface area contributed by atoms with Crippen molar-refractivity contribution in [2.24, 2.45) is 5.73 Å². The Labute approximate surface area is 775 Å². The van der Waals surface area contributed by atoms with Gasteiger partial charge in [-0.25, -0.2) is 13.9 Å². The van der Waals surface area contributed by atoms with Crippen LogP contribution in [0.2, 0.25) is 0 Å². The first-order chi connectivity index (χ1) is 61.6. The van der Waals surface area contributed by atoms with Crippen molar-refractivity contribution in [1.82, 2.24) is 37.2 Å². The Hall–Kier alpha value is -7.77. The summed E-state index contributed by atoms with van der Waals surface area (Å²) >= 11 is 0. The lowest BCUT2D eigenvalue weighted by molar-refractivity contribution is -0.331. The van der Waals surface area contributed by atoms with Crippen LogP contribution in [0, 0.1) is 0 Å². The lowest BCUT2D eigenvalue weighted by Gasteiger charge is -2.49. The van der Waals surface area contributed by atoms with Crippen LogP contribution in [-0.4, -0.2) is 229 Å². The molecule has 0 aromatic heterocycles. The van der Waals surface area contributed by atoms with Gasteiger partial charge < -0.3 is 107 Å². The number of nitrogens with two attached hydrogens (primary N) is 1. The standard InChI is InChI=1S/C94H156N8O27P2/c1-59(2)30-20-31-60(3)32-21-33-61(4)34-22-35-62(5)36-23-37-63(6)38-24-39-64(7)40-25-41-65(8)42-26-43-66(9)44-27-45-67(10)46-28-47-68(11)48-29-49-69(12)53-55-123-130(119,120)129-131(121,122)128-94-82(102-80(108)58-105)86(85(78(57-104)126-94)127-93-81(99-74(17)106)84(110)83(109)77(56-103)125-93)124-73(16)89(113)96-71(14)88(112)101-76(92(117)118)51-52-79(107)100-75(50-18-19-54-95)90(114)97-70(13)87(111)98-72(15)91(115)116/h30,32,34,36,38,40,42,44,46,48,53,70-73,75-78,81-86,93-94,103-105,109-110H,18-29,31,33,35,37,39,41,43,45,47,49-52,54-58,95H2,1-17H3,(H,96,113)(H,97,114)(H,98,111)(H,99,106)(H,100,107)(H,101,112)(H,102,108)(H,115,116)(H,117,118)(H,119,120)(H,121,122)/b60-32-,61-34-,62-36-,63-38+,64-40+,65-42+,66-44+,67-46+,68-48+,69-53+/t70-,71+,72-,73-,75+,76-,77-,78-,81-,82-,83-,84-,85-,86-,93+,94-/m1/s1. The van der Waals surface area contributed by atoms with Crippen LogP contribution in [-0.2, 0) is 84.6 Å².